The predicted molar refractivity (Wildman–Crippen MR) is 54.9 cm³/mol. The van der Waals surface area contributed by atoms with E-state index in [1.54, 1.807) is 0 Å². The molecule has 0 aliphatic heterocycles. The normalized spacial score (nSPS) is 11.4. The topological polar surface area (TPSA) is 28.7 Å². The van der Waals surface area contributed by atoms with Gasteiger partial charge in [0.1, 0.15) is 5.65 Å². The molecular formula is C11H14N2. The van der Waals surface area contributed by atoms with E-state index in [0.717, 1.165) is 5.65 Å². The minimum Gasteiger partial charge on any atom is -0.343 e. The third-order valence-corrected chi connectivity index (χ3v) is 2.39. The van der Waals surface area contributed by atoms with Gasteiger partial charge in [-0.2, -0.15) is 0 Å². The molecule has 0 spiro atoms. The molecule has 0 amide bonds. The number of pyridine rings is 1. The largest absolute Gasteiger partial charge is 0.343 e. The van der Waals surface area contributed by atoms with E-state index in [0.29, 0.717) is 5.92 Å². The van der Waals surface area contributed by atoms with Crippen molar-refractivity contribution in [1.82, 2.24) is 9.97 Å². The van der Waals surface area contributed by atoms with Gasteiger partial charge in [0.25, 0.3) is 0 Å². The van der Waals surface area contributed by atoms with Gasteiger partial charge in [0.05, 0.1) is 0 Å². The molecular weight excluding hydrogens is 160 g/mol. The van der Waals surface area contributed by atoms with Crippen LogP contribution in [0.25, 0.3) is 11.0 Å². The highest BCUT2D eigenvalue weighted by Crippen LogP contribution is 2.26. The standard InChI is InChI=1S/C11H14N2/c1-7(2)10-8(3)13-11-9(10)5-4-6-12-11/h4-7H,1-3H3,(H,12,13). The van der Waals surface area contributed by atoms with Crippen LogP contribution in [-0.2, 0) is 0 Å². The monoisotopic (exact) mass is 174 g/mol. The minimum absolute atomic E-state index is 0.554. The molecule has 2 nitrogen and oxygen atoms in total. The van der Waals surface area contributed by atoms with Crippen LogP contribution >= 0.6 is 0 Å². The Bertz CT molecular complexity index is 427. The third kappa shape index (κ3) is 1.22. The zero-order valence-corrected chi connectivity index (χ0v) is 8.26. The number of aryl methyl sites for hydroxylation is 1. The molecule has 0 unspecified atom stereocenters. The van der Waals surface area contributed by atoms with Crippen molar-refractivity contribution < 1.29 is 0 Å². The SMILES string of the molecule is Cc1[nH]c2ncccc2c1C(C)C. The van der Waals surface area contributed by atoms with E-state index in [1.807, 2.05) is 12.3 Å². The Labute approximate surface area is 78.0 Å². The summed E-state index contributed by atoms with van der Waals surface area (Å²) < 4.78 is 0. The second kappa shape index (κ2) is 2.87. The van der Waals surface area contributed by atoms with Crippen LogP contribution in [0.4, 0.5) is 0 Å². The number of nitrogens with zero attached hydrogens (tertiary/aromatic N) is 1. The van der Waals surface area contributed by atoms with Gasteiger partial charge in [-0.3, -0.25) is 0 Å². The molecule has 0 aliphatic carbocycles. The Balaban J connectivity index is 2.78. The lowest BCUT2D eigenvalue weighted by Crippen LogP contribution is -1.87. The first-order chi connectivity index (χ1) is 6.20. The Morgan fingerprint density at radius 2 is 2.15 bits per heavy atom. The Kier molecular flexibility index (Phi) is 1.83. The van der Waals surface area contributed by atoms with Gasteiger partial charge < -0.3 is 4.98 Å². The second-order valence-electron chi connectivity index (χ2n) is 3.72. The molecule has 13 heavy (non-hydrogen) atoms. The van der Waals surface area contributed by atoms with Crippen molar-refractivity contribution >= 4 is 11.0 Å². The van der Waals surface area contributed by atoms with E-state index in [1.165, 1.54) is 16.6 Å². The van der Waals surface area contributed by atoms with Crippen molar-refractivity contribution in [3.05, 3.63) is 29.6 Å². The average molecular weight is 174 g/mol. The lowest BCUT2D eigenvalue weighted by Gasteiger charge is -2.03. The van der Waals surface area contributed by atoms with Crippen molar-refractivity contribution in [3.63, 3.8) is 0 Å². The Hall–Kier alpha value is -1.31. The zero-order chi connectivity index (χ0) is 9.42. The van der Waals surface area contributed by atoms with Crippen molar-refractivity contribution in [2.45, 2.75) is 26.7 Å². The summed E-state index contributed by atoms with van der Waals surface area (Å²) in [5.41, 5.74) is 3.63. The highest BCUT2D eigenvalue weighted by atomic mass is 14.9. The van der Waals surface area contributed by atoms with E-state index < -0.39 is 0 Å². The summed E-state index contributed by atoms with van der Waals surface area (Å²) >= 11 is 0. The zero-order valence-electron chi connectivity index (χ0n) is 8.26. The predicted octanol–water partition coefficient (Wildman–Crippen LogP) is 2.99. The van der Waals surface area contributed by atoms with Crippen molar-refractivity contribution in [1.29, 1.82) is 0 Å². The van der Waals surface area contributed by atoms with Gasteiger partial charge in [0, 0.05) is 17.3 Å². The quantitative estimate of drug-likeness (QED) is 0.707. The first-order valence-corrected chi connectivity index (χ1v) is 4.63. The van der Waals surface area contributed by atoms with Gasteiger partial charge >= 0.3 is 0 Å². The molecule has 0 saturated heterocycles. The van der Waals surface area contributed by atoms with Gasteiger partial charge in [0.2, 0.25) is 0 Å². The first kappa shape index (κ1) is 8.30. The molecule has 0 fully saturated rings. The lowest BCUT2D eigenvalue weighted by atomic mass is 10.0. The fourth-order valence-corrected chi connectivity index (χ4v) is 1.91. The maximum Gasteiger partial charge on any atom is 0.137 e. The summed E-state index contributed by atoms with van der Waals surface area (Å²) in [6.45, 7) is 6.53. The van der Waals surface area contributed by atoms with Gasteiger partial charge in [-0.05, 0) is 30.5 Å². The van der Waals surface area contributed by atoms with Gasteiger partial charge in [-0.1, -0.05) is 13.8 Å². The van der Waals surface area contributed by atoms with Crippen LogP contribution in [0.5, 0.6) is 0 Å². The smallest absolute Gasteiger partial charge is 0.137 e. The number of hydrogen-bond donors (Lipinski definition) is 1. The number of H-pyrrole nitrogens is 1. The molecule has 0 aliphatic rings. The van der Waals surface area contributed by atoms with E-state index in [9.17, 15) is 0 Å². The fraction of sp³-hybridized carbons (Fsp3) is 0.364. The molecule has 2 heterocycles. The summed E-state index contributed by atoms with van der Waals surface area (Å²) in [7, 11) is 0. The van der Waals surface area contributed by atoms with Crippen LogP contribution in [0.2, 0.25) is 0 Å². The highest BCUT2D eigenvalue weighted by Gasteiger charge is 2.10. The van der Waals surface area contributed by atoms with Crippen LogP contribution in [0.3, 0.4) is 0 Å². The number of aromatic amines is 1. The molecule has 68 valence electrons. The molecule has 0 saturated carbocycles. The molecule has 2 aromatic rings. The molecule has 1 N–H and O–H groups in total. The summed E-state index contributed by atoms with van der Waals surface area (Å²) in [6, 6.07) is 4.11. The lowest BCUT2D eigenvalue weighted by molar-refractivity contribution is 0.864. The number of aromatic nitrogens is 2. The van der Waals surface area contributed by atoms with E-state index in [2.05, 4.69) is 36.8 Å². The van der Waals surface area contributed by atoms with Gasteiger partial charge in [0.15, 0.2) is 0 Å². The maximum atomic E-state index is 4.29. The highest BCUT2D eigenvalue weighted by molar-refractivity contribution is 5.81. The molecule has 0 atom stereocenters. The molecule has 2 rings (SSSR count). The number of hydrogen-bond acceptors (Lipinski definition) is 1. The van der Waals surface area contributed by atoms with Crippen molar-refractivity contribution in [2.75, 3.05) is 0 Å². The molecule has 2 heteroatoms. The fourth-order valence-electron chi connectivity index (χ4n) is 1.91. The molecule has 0 radical (unpaired) electrons. The molecule has 0 bridgehead atoms. The number of nitrogens with one attached hydrogen (secondary N) is 1. The minimum atomic E-state index is 0.554. The van der Waals surface area contributed by atoms with Gasteiger partial charge in [-0.15, -0.1) is 0 Å². The van der Waals surface area contributed by atoms with Gasteiger partial charge in [-0.25, -0.2) is 4.98 Å². The van der Waals surface area contributed by atoms with E-state index in [4.69, 9.17) is 0 Å². The Morgan fingerprint density at radius 3 is 2.85 bits per heavy atom. The molecule has 2 aromatic heterocycles. The molecule has 0 aromatic carbocycles. The van der Waals surface area contributed by atoms with Crippen LogP contribution in [-0.4, -0.2) is 9.97 Å². The van der Waals surface area contributed by atoms with Crippen LogP contribution in [0.15, 0.2) is 18.3 Å². The maximum absolute atomic E-state index is 4.29. The summed E-state index contributed by atoms with van der Waals surface area (Å²) in [5, 5.41) is 1.26. The average Bonchev–Trinajstić information content (AvgIpc) is 2.39. The second-order valence-corrected chi connectivity index (χ2v) is 3.72. The number of rotatable bonds is 1. The Morgan fingerprint density at radius 1 is 1.38 bits per heavy atom. The first-order valence-electron chi connectivity index (χ1n) is 4.63. The summed E-state index contributed by atoms with van der Waals surface area (Å²) in [5.74, 6) is 0.554. The van der Waals surface area contributed by atoms with E-state index >= 15 is 0 Å². The number of fused-ring (bicyclic) bond motifs is 1. The third-order valence-electron chi connectivity index (χ3n) is 2.39. The summed E-state index contributed by atoms with van der Waals surface area (Å²) in [4.78, 5) is 7.59. The van der Waals surface area contributed by atoms with Crippen LogP contribution < -0.4 is 0 Å². The van der Waals surface area contributed by atoms with Crippen LogP contribution in [0.1, 0.15) is 31.0 Å². The van der Waals surface area contributed by atoms with Crippen molar-refractivity contribution in [3.8, 4) is 0 Å². The van der Waals surface area contributed by atoms with E-state index in [-0.39, 0.29) is 0 Å². The van der Waals surface area contributed by atoms with Crippen molar-refractivity contribution in [2.24, 2.45) is 0 Å². The summed E-state index contributed by atoms with van der Waals surface area (Å²) in [6.07, 6.45) is 1.82. The van der Waals surface area contributed by atoms with Crippen LogP contribution in [0, 0.1) is 6.92 Å².